The fourth-order valence-electron chi connectivity index (χ4n) is 1.95. The maximum absolute atomic E-state index is 11.2. The fourth-order valence-corrected chi connectivity index (χ4v) is 3.42. The minimum absolute atomic E-state index is 0.0449. The Morgan fingerprint density at radius 1 is 1.52 bits per heavy atom. The summed E-state index contributed by atoms with van der Waals surface area (Å²) in [6.07, 6.45) is 2.41. The first kappa shape index (κ1) is 16.3. The number of carbonyl (C=O) groups is 1. The lowest BCUT2D eigenvalue weighted by Gasteiger charge is -2.07. The van der Waals surface area contributed by atoms with Crippen LogP contribution < -0.4 is 0 Å². The van der Waals surface area contributed by atoms with E-state index in [-0.39, 0.29) is 5.75 Å². The molecule has 0 aliphatic rings. The van der Waals surface area contributed by atoms with E-state index in [0.717, 1.165) is 17.5 Å². The smallest absolute Gasteiger partial charge is 0.313 e. The number of fused-ring (bicyclic) bond motifs is 1. The van der Waals surface area contributed by atoms with Gasteiger partial charge in [0.1, 0.15) is 0 Å². The number of carboxylic acid groups (broad SMARTS) is 1. The van der Waals surface area contributed by atoms with Gasteiger partial charge in [0.2, 0.25) is 0 Å². The topological polar surface area (TPSA) is 72.2 Å². The summed E-state index contributed by atoms with van der Waals surface area (Å²) in [5.74, 6) is -0.327. The lowest BCUT2D eigenvalue weighted by Crippen LogP contribution is -2.06. The molecule has 1 unspecified atom stereocenters. The van der Waals surface area contributed by atoms with Gasteiger partial charge in [-0.15, -0.1) is 0 Å². The number of hydrogen-bond donors (Lipinski definition) is 1. The first-order valence-electron chi connectivity index (χ1n) is 6.28. The van der Waals surface area contributed by atoms with Crippen LogP contribution in [0.25, 0.3) is 11.0 Å². The van der Waals surface area contributed by atoms with Gasteiger partial charge in [-0.1, -0.05) is 23.4 Å². The van der Waals surface area contributed by atoms with Crippen molar-refractivity contribution < 1.29 is 14.1 Å². The largest absolute Gasteiger partial charge is 0.481 e. The molecule has 1 N–H and O–H groups in total. The highest BCUT2D eigenvalue weighted by molar-refractivity contribution is 7.99. The molecule has 8 heteroatoms. The van der Waals surface area contributed by atoms with Gasteiger partial charge in [-0.25, -0.2) is 4.98 Å². The molecule has 0 bridgehead atoms. The van der Waals surface area contributed by atoms with E-state index in [1.165, 1.54) is 11.8 Å². The van der Waals surface area contributed by atoms with E-state index in [0.29, 0.717) is 22.5 Å². The predicted molar refractivity (Wildman–Crippen MR) is 86.7 cm³/mol. The van der Waals surface area contributed by atoms with Crippen molar-refractivity contribution in [3.8, 4) is 0 Å². The second-order valence-electron chi connectivity index (χ2n) is 4.49. The van der Waals surface area contributed by atoms with E-state index < -0.39 is 16.8 Å². The molecule has 2 aromatic rings. The van der Waals surface area contributed by atoms with Gasteiger partial charge in [0, 0.05) is 34.4 Å². The number of halogens is 1. The fraction of sp³-hybridized carbons (Fsp3) is 0.385. The second-order valence-corrected chi connectivity index (χ2v) is 7.43. The summed E-state index contributed by atoms with van der Waals surface area (Å²) in [7, 11) is -0.844. The third-order valence-electron chi connectivity index (χ3n) is 2.81. The SMILES string of the molecule is CS(=O)CCCn1c(SCC(=O)O)nc2ccc(Cl)cc21. The van der Waals surface area contributed by atoms with Gasteiger partial charge in [0.15, 0.2) is 5.16 Å². The van der Waals surface area contributed by atoms with Crippen LogP contribution in [0.2, 0.25) is 5.02 Å². The molecule has 0 aliphatic carbocycles. The third kappa shape index (κ3) is 4.46. The Morgan fingerprint density at radius 3 is 2.95 bits per heavy atom. The van der Waals surface area contributed by atoms with Gasteiger partial charge >= 0.3 is 5.97 Å². The van der Waals surface area contributed by atoms with E-state index in [1.807, 2.05) is 16.7 Å². The highest BCUT2D eigenvalue weighted by Crippen LogP contribution is 2.26. The van der Waals surface area contributed by atoms with E-state index in [9.17, 15) is 9.00 Å². The van der Waals surface area contributed by atoms with Crippen molar-refractivity contribution in [2.45, 2.75) is 18.1 Å². The van der Waals surface area contributed by atoms with Crippen LogP contribution in [0.15, 0.2) is 23.4 Å². The maximum atomic E-state index is 11.2. The van der Waals surface area contributed by atoms with Crippen molar-refractivity contribution in [3.63, 3.8) is 0 Å². The average molecular weight is 347 g/mol. The summed E-state index contributed by atoms with van der Waals surface area (Å²) in [5.41, 5.74) is 1.65. The molecule has 0 amide bonds. The predicted octanol–water partition coefficient (Wildman–Crippen LogP) is 2.64. The Hall–Kier alpha value is -1.05. The standard InChI is InChI=1S/C13H15ClN2O3S2/c1-21(19)6-2-5-16-11-7-9(14)3-4-10(11)15-13(16)20-8-12(17)18/h3-4,7H,2,5-6,8H2,1H3,(H,17,18). The normalized spacial score (nSPS) is 12.7. The molecule has 1 aromatic heterocycles. The number of imidazole rings is 1. The van der Waals surface area contributed by atoms with Crippen LogP contribution in [-0.2, 0) is 22.1 Å². The molecule has 5 nitrogen and oxygen atoms in total. The molecule has 1 aromatic carbocycles. The third-order valence-corrected chi connectivity index (χ3v) is 4.87. The van der Waals surface area contributed by atoms with E-state index in [4.69, 9.17) is 16.7 Å². The Kier molecular flexibility index (Phi) is 5.66. The van der Waals surface area contributed by atoms with Gasteiger partial charge in [-0.2, -0.15) is 0 Å². The van der Waals surface area contributed by atoms with Gasteiger partial charge in [0.05, 0.1) is 16.8 Å². The molecule has 1 atom stereocenters. The number of thioether (sulfide) groups is 1. The average Bonchev–Trinajstić information content (AvgIpc) is 2.74. The molecule has 0 spiro atoms. The molecule has 0 aliphatic heterocycles. The summed E-state index contributed by atoms with van der Waals surface area (Å²) < 4.78 is 13.1. The van der Waals surface area contributed by atoms with Crippen molar-refractivity contribution in [2.24, 2.45) is 0 Å². The van der Waals surface area contributed by atoms with Crippen LogP contribution >= 0.6 is 23.4 Å². The zero-order valence-corrected chi connectivity index (χ0v) is 13.8. The highest BCUT2D eigenvalue weighted by Gasteiger charge is 2.13. The number of rotatable bonds is 7. The zero-order chi connectivity index (χ0) is 15.4. The monoisotopic (exact) mass is 346 g/mol. The molecule has 21 heavy (non-hydrogen) atoms. The molecular formula is C13H15ClN2O3S2. The molecule has 114 valence electrons. The van der Waals surface area contributed by atoms with Crippen LogP contribution in [0, 0.1) is 0 Å². The number of aliphatic carboxylic acids is 1. The number of aryl methyl sites for hydroxylation is 1. The number of benzene rings is 1. The number of carboxylic acids is 1. The minimum atomic E-state index is -0.883. The first-order valence-corrected chi connectivity index (χ1v) is 9.37. The summed E-state index contributed by atoms with van der Waals surface area (Å²) in [5, 5.41) is 10.1. The van der Waals surface area contributed by atoms with Gasteiger partial charge in [-0.3, -0.25) is 9.00 Å². The lowest BCUT2D eigenvalue weighted by molar-refractivity contribution is -0.133. The summed E-state index contributed by atoms with van der Waals surface area (Å²) in [6, 6.07) is 5.39. The van der Waals surface area contributed by atoms with Crippen LogP contribution in [-0.4, -0.2) is 42.6 Å². The van der Waals surface area contributed by atoms with E-state index in [1.54, 1.807) is 12.3 Å². The van der Waals surface area contributed by atoms with Crippen LogP contribution in [0.3, 0.4) is 0 Å². The van der Waals surface area contributed by atoms with Crippen molar-refractivity contribution in [1.82, 2.24) is 9.55 Å². The zero-order valence-electron chi connectivity index (χ0n) is 11.4. The van der Waals surface area contributed by atoms with Crippen molar-refractivity contribution in [3.05, 3.63) is 23.2 Å². The molecule has 1 heterocycles. The van der Waals surface area contributed by atoms with Crippen LogP contribution in [0.4, 0.5) is 0 Å². The molecule has 0 saturated heterocycles. The number of hydrogen-bond acceptors (Lipinski definition) is 4. The molecular weight excluding hydrogens is 332 g/mol. The molecule has 0 fully saturated rings. The quantitative estimate of drug-likeness (QED) is 0.780. The Morgan fingerprint density at radius 2 is 2.29 bits per heavy atom. The Balaban J connectivity index is 2.30. The lowest BCUT2D eigenvalue weighted by atomic mass is 10.3. The Bertz CT molecular complexity index is 687. The van der Waals surface area contributed by atoms with Crippen LogP contribution in [0.5, 0.6) is 0 Å². The minimum Gasteiger partial charge on any atom is -0.481 e. The molecule has 2 rings (SSSR count). The molecule has 0 saturated carbocycles. The first-order chi connectivity index (χ1) is 9.97. The van der Waals surface area contributed by atoms with Crippen molar-refractivity contribution >= 4 is 51.2 Å². The molecule has 0 radical (unpaired) electrons. The number of aromatic nitrogens is 2. The van der Waals surface area contributed by atoms with Crippen molar-refractivity contribution in [2.75, 3.05) is 17.8 Å². The van der Waals surface area contributed by atoms with E-state index in [2.05, 4.69) is 4.98 Å². The Labute approximate surface area is 134 Å². The van der Waals surface area contributed by atoms with E-state index >= 15 is 0 Å². The second kappa shape index (κ2) is 7.29. The van der Waals surface area contributed by atoms with Gasteiger partial charge in [-0.05, 0) is 24.6 Å². The van der Waals surface area contributed by atoms with Crippen molar-refractivity contribution in [1.29, 1.82) is 0 Å². The highest BCUT2D eigenvalue weighted by atomic mass is 35.5. The van der Waals surface area contributed by atoms with Crippen LogP contribution in [0.1, 0.15) is 6.42 Å². The summed E-state index contributed by atoms with van der Waals surface area (Å²) in [4.78, 5) is 15.2. The summed E-state index contributed by atoms with van der Waals surface area (Å²) >= 11 is 7.20. The van der Waals surface area contributed by atoms with Gasteiger partial charge < -0.3 is 9.67 Å². The maximum Gasteiger partial charge on any atom is 0.313 e. The van der Waals surface area contributed by atoms with Gasteiger partial charge in [0.25, 0.3) is 0 Å². The number of nitrogens with zero attached hydrogens (tertiary/aromatic N) is 2. The summed E-state index contributed by atoms with van der Waals surface area (Å²) in [6.45, 7) is 0.637.